The van der Waals surface area contributed by atoms with E-state index in [9.17, 15) is 19.8 Å². The number of anilines is 2. The number of rotatable bonds is 13. The molecule has 2 aromatic rings. The van der Waals surface area contributed by atoms with Crippen LogP contribution in [0.1, 0.15) is 55.0 Å². The molecule has 3 atom stereocenters. The zero-order valence-corrected chi connectivity index (χ0v) is 23.5. The lowest BCUT2D eigenvalue weighted by atomic mass is 9.95. The van der Waals surface area contributed by atoms with Gasteiger partial charge in [0.15, 0.2) is 0 Å². The topological polar surface area (TPSA) is 118 Å². The lowest BCUT2D eigenvalue weighted by molar-refractivity contribution is -0.138. The molecule has 1 amide bonds. The summed E-state index contributed by atoms with van der Waals surface area (Å²) in [5.74, 6) is -0.216. The number of hydrogen-bond acceptors (Lipinski definition) is 7. The van der Waals surface area contributed by atoms with E-state index in [0.717, 1.165) is 80.9 Å². The monoisotopic (exact) mass is 549 g/mol. The number of nitrogens with zero attached hydrogens (tertiary/aromatic N) is 3. The van der Waals surface area contributed by atoms with Crippen LogP contribution in [0.15, 0.2) is 49.1 Å². The van der Waals surface area contributed by atoms with E-state index in [1.165, 1.54) is 11.6 Å². The van der Waals surface area contributed by atoms with Gasteiger partial charge in [-0.1, -0.05) is 24.3 Å². The second-order valence-corrected chi connectivity index (χ2v) is 11.0. The van der Waals surface area contributed by atoms with Gasteiger partial charge in [-0.15, -0.1) is 6.58 Å². The normalized spacial score (nSPS) is 18.6. The standard InChI is InChI=1S/C31H43N5O4/c1-3-27(37)21-35(2)26-12-4-8-23(18-26)28(19-29(38)39)34-31(40)24-10-6-16-36(20-24)17-7-11-25-14-13-22-9-5-15-32-30(22)33-25/h3-4,8,12-14,18,24,27-28,37H,1,5-7,9-11,15-17,19-21H2,2H3,(H,32,33)(H,34,40)(H,38,39)/t24-,27?,28+/m1/s1. The summed E-state index contributed by atoms with van der Waals surface area (Å²) >= 11 is 0. The van der Waals surface area contributed by atoms with Crippen LogP contribution >= 0.6 is 0 Å². The van der Waals surface area contributed by atoms with E-state index in [-0.39, 0.29) is 18.2 Å². The average Bonchev–Trinajstić information content (AvgIpc) is 2.96. The number of likely N-dealkylation sites (tertiary alicyclic amines) is 1. The highest BCUT2D eigenvalue weighted by molar-refractivity contribution is 5.80. The second kappa shape index (κ2) is 14.3. The lowest BCUT2D eigenvalue weighted by Gasteiger charge is -2.33. The van der Waals surface area contributed by atoms with E-state index in [4.69, 9.17) is 4.98 Å². The number of benzene rings is 1. The number of fused-ring (bicyclic) bond motifs is 1. The summed E-state index contributed by atoms with van der Waals surface area (Å²) in [5, 5.41) is 25.9. The molecule has 216 valence electrons. The van der Waals surface area contributed by atoms with Gasteiger partial charge in [0.1, 0.15) is 5.82 Å². The molecule has 0 radical (unpaired) electrons. The molecule has 1 aromatic carbocycles. The van der Waals surface area contributed by atoms with Gasteiger partial charge in [0.2, 0.25) is 5.91 Å². The van der Waals surface area contributed by atoms with Gasteiger partial charge in [0, 0.05) is 38.1 Å². The summed E-state index contributed by atoms with van der Waals surface area (Å²) < 4.78 is 0. The summed E-state index contributed by atoms with van der Waals surface area (Å²) in [6.45, 7) is 7.50. The summed E-state index contributed by atoms with van der Waals surface area (Å²) in [7, 11) is 1.85. The molecule has 40 heavy (non-hydrogen) atoms. The van der Waals surface area contributed by atoms with Crippen LogP contribution in [-0.4, -0.2) is 77.8 Å². The number of pyridine rings is 1. The van der Waals surface area contributed by atoms with Gasteiger partial charge in [-0.05, 0) is 80.9 Å². The second-order valence-electron chi connectivity index (χ2n) is 11.0. The maximum atomic E-state index is 13.3. The van der Waals surface area contributed by atoms with Gasteiger partial charge in [-0.25, -0.2) is 4.98 Å². The molecule has 0 saturated carbocycles. The Bertz CT molecular complexity index is 1170. The Kier molecular flexibility index (Phi) is 10.5. The van der Waals surface area contributed by atoms with Crippen LogP contribution in [0.25, 0.3) is 0 Å². The van der Waals surface area contributed by atoms with Crippen molar-refractivity contribution in [1.82, 2.24) is 15.2 Å². The minimum atomic E-state index is -0.970. The van der Waals surface area contributed by atoms with E-state index in [0.29, 0.717) is 13.1 Å². The molecule has 1 fully saturated rings. The molecule has 9 heteroatoms. The lowest BCUT2D eigenvalue weighted by Crippen LogP contribution is -2.44. The zero-order valence-electron chi connectivity index (χ0n) is 23.5. The predicted molar refractivity (Wildman–Crippen MR) is 158 cm³/mol. The number of carboxylic acids is 1. The number of nitrogens with one attached hydrogen (secondary N) is 2. The Hall–Kier alpha value is -3.43. The van der Waals surface area contributed by atoms with Crippen LogP contribution in [0.2, 0.25) is 0 Å². The molecule has 0 bridgehead atoms. The number of aliphatic carboxylic acids is 1. The van der Waals surface area contributed by atoms with Crippen LogP contribution in [0, 0.1) is 5.92 Å². The minimum Gasteiger partial charge on any atom is -0.481 e. The highest BCUT2D eigenvalue weighted by Gasteiger charge is 2.28. The summed E-state index contributed by atoms with van der Waals surface area (Å²) in [4.78, 5) is 34.1. The van der Waals surface area contributed by atoms with Crippen molar-refractivity contribution >= 4 is 23.4 Å². The molecular weight excluding hydrogens is 506 g/mol. The fraction of sp³-hybridized carbons (Fsp3) is 0.516. The number of carbonyl (C=O) groups is 2. The van der Waals surface area contributed by atoms with Crippen LogP contribution in [0.5, 0.6) is 0 Å². The maximum Gasteiger partial charge on any atom is 0.305 e. The van der Waals surface area contributed by atoms with Crippen molar-refractivity contribution in [3.63, 3.8) is 0 Å². The molecule has 0 spiro atoms. The molecule has 1 saturated heterocycles. The summed E-state index contributed by atoms with van der Waals surface area (Å²) in [6, 6.07) is 11.1. The first-order valence-electron chi connectivity index (χ1n) is 14.4. The van der Waals surface area contributed by atoms with E-state index in [1.807, 2.05) is 36.2 Å². The Morgan fingerprint density at radius 2 is 2.15 bits per heavy atom. The van der Waals surface area contributed by atoms with Crippen LogP contribution in [0.4, 0.5) is 11.5 Å². The van der Waals surface area contributed by atoms with Crippen molar-refractivity contribution < 1.29 is 19.8 Å². The molecule has 1 aromatic heterocycles. The average molecular weight is 550 g/mol. The van der Waals surface area contributed by atoms with Crippen molar-refractivity contribution in [2.75, 3.05) is 50.0 Å². The number of aromatic nitrogens is 1. The molecule has 4 N–H and O–H groups in total. The van der Waals surface area contributed by atoms with E-state index in [2.05, 4.69) is 34.2 Å². The van der Waals surface area contributed by atoms with Gasteiger partial charge < -0.3 is 30.6 Å². The first-order chi connectivity index (χ1) is 19.3. The zero-order chi connectivity index (χ0) is 28.5. The van der Waals surface area contributed by atoms with Crippen LogP contribution in [-0.2, 0) is 22.4 Å². The molecule has 2 aliphatic rings. The fourth-order valence-corrected chi connectivity index (χ4v) is 5.62. The maximum absolute atomic E-state index is 13.3. The van der Waals surface area contributed by atoms with Crippen molar-refractivity contribution in [2.24, 2.45) is 5.92 Å². The molecule has 4 rings (SSSR count). The molecule has 0 aliphatic carbocycles. The van der Waals surface area contributed by atoms with Gasteiger partial charge >= 0.3 is 5.97 Å². The van der Waals surface area contributed by atoms with Crippen molar-refractivity contribution in [3.8, 4) is 0 Å². The van der Waals surface area contributed by atoms with Gasteiger partial charge in [0.25, 0.3) is 0 Å². The van der Waals surface area contributed by atoms with Crippen molar-refractivity contribution in [2.45, 2.75) is 57.1 Å². The third-order valence-corrected chi connectivity index (χ3v) is 7.88. The SMILES string of the molecule is C=CC(O)CN(C)c1cccc([C@H](CC(=O)O)NC(=O)[C@@H]2CCCN(CCCc3ccc4c(n3)NCCC4)C2)c1. The van der Waals surface area contributed by atoms with E-state index in [1.54, 1.807) is 0 Å². The number of aryl methyl sites for hydroxylation is 2. The fourth-order valence-electron chi connectivity index (χ4n) is 5.62. The Balaban J connectivity index is 1.32. The molecule has 3 heterocycles. The highest BCUT2D eigenvalue weighted by atomic mass is 16.4. The molecule has 2 aliphatic heterocycles. The summed E-state index contributed by atoms with van der Waals surface area (Å²) in [6.07, 6.45) is 6.44. The summed E-state index contributed by atoms with van der Waals surface area (Å²) in [5.41, 5.74) is 3.96. The number of aliphatic hydroxyl groups is 1. The quantitative estimate of drug-likeness (QED) is 0.281. The first kappa shape index (κ1) is 29.6. The number of carboxylic acid groups (broad SMARTS) is 1. The number of amides is 1. The third kappa shape index (κ3) is 8.29. The number of carbonyl (C=O) groups excluding carboxylic acids is 1. The molecule has 1 unspecified atom stereocenters. The minimum absolute atomic E-state index is 0.0979. The van der Waals surface area contributed by atoms with Gasteiger partial charge in [0.05, 0.1) is 24.5 Å². The van der Waals surface area contributed by atoms with Gasteiger partial charge in [-0.3, -0.25) is 9.59 Å². The van der Waals surface area contributed by atoms with E-state index < -0.39 is 18.1 Å². The first-order valence-corrected chi connectivity index (χ1v) is 14.4. The van der Waals surface area contributed by atoms with Crippen LogP contribution < -0.4 is 15.5 Å². The number of hydrogen-bond donors (Lipinski definition) is 4. The van der Waals surface area contributed by atoms with Crippen molar-refractivity contribution in [1.29, 1.82) is 0 Å². The molecule has 9 nitrogen and oxygen atoms in total. The highest BCUT2D eigenvalue weighted by Crippen LogP contribution is 2.25. The Morgan fingerprint density at radius 1 is 1.30 bits per heavy atom. The molecular formula is C31H43N5O4. The Labute approximate surface area is 237 Å². The smallest absolute Gasteiger partial charge is 0.305 e. The predicted octanol–water partition coefficient (Wildman–Crippen LogP) is 3.40. The van der Waals surface area contributed by atoms with E-state index >= 15 is 0 Å². The third-order valence-electron chi connectivity index (χ3n) is 7.88. The largest absolute Gasteiger partial charge is 0.481 e. The number of aliphatic hydroxyl groups excluding tert-OH is 1. The van der Waals surface area contributed by atoms with Crippen molar-refractivity contribution in [3.05, 3.63) is 65.9 Å². The number of likely N-dealkylation sites (N-methyl/N-ethyl adjacent to an activating group) is 1. The Morgan fingerprint density at radius 3 is 2.95 bits per heavy atom. The van der Waals surface area contributed by atoms with Crippen LogP contribution in [0.3, 0.4) is 0 Å². The van der Waals surface area contributed by atoms with Gasteiger partial charge in [-0.2, -0.15) is 0 Å². The number of piperidine rings is 1.